The van der Waals surface area contributed by atoms with Crippen molar-refractivity contribution >= 4 is 37.4 Å². The minimum Gasteiger partial charge on any atom is -0.496 e. The monoisotopic (exact) mass is 270 g/mol. The number of aryl methyl sites for hydroxylation is 1. The van der Waals surface area contributed by atoms with Crippen LogP contribution in [0.25, 0.3) is 10.1 Å². The predicted molar refractivity (Wildman–Crippen MR) is 65.7 cm³/mol. The van der Waals surface area contributed by atoms with Gasteiger partial charge >= 0.3 is 0 Å². The Morgan fingerprint density at radius 2 is 2.21 bits per heavy atom. The summed E-state index contributed by atoms with van der Waals surface area (Å²) < 4.78 is 6.73. The Hall–Kier alpha value is -0.540. The molecule has 74 valence electrons. The van der Waals surface area contributed by atoms with Crippen LogP contribution >= 0.6 is 27.3 Å². The van der Waals surface area contributed by atoms with E-state index >= 15 is 0 Å². The molecule has 0 amide bonds. The van der Waals surface area contributed by atoms with Gasteiger partial charge < -0.3 is 4.74 Å². The largest absolute Gasteiger partial charge is 0.496 e. The van der Waals surface area contributed by atoms with Crippen LogP contribution in [0.2, 0.25) is 0 Å². The van der Waals surface area contributed by atoms with Gasteiger partial charge in [-0.1, -0.05) is 22.0 Å². The highest BCUT2D eigenvalue weighted by atomic mass is 79.9. The summed E-state index contributed by atoms with van der Waals surface area (Å²) in [6, 6.07) is 6.46. The normalized spacial score (nSPS) is 10.8. The smallest absolute Gasteiger partial charge is 0.131 e. The van der Waals surface area contributed by atoms with Crippen molar-refractivity contribution in [3.63, 3.8) is 0 Å². The van der Waals surface area contributed by atoms with Gasteiger partial charge in [0.15, 0.2) is 0 Å². The summed E-state index contributed by atoms with van der Waals surface area (Å²) >= 11 is 5.27. The molecule has 0 unspecified atom stereocenters. The Bertz CT molecular complexity index is 462. The molecule has 0 fully saturated rings. The van der Waals surface area contributed by atoms with Crippen molar-refractivity contribution in [2.24, 2.45) is 0 Å². The van der Waals surface area contributed by atoms with E-state index in [4.69, 9.17) is 4.74 Å². The summed E-state index contributed by atoms with van der Waals surface area (Å²) in [4.78, 5) is 1.32. The zero-order valence-electron chi connectivity index (χ0n) is 8.13. The summed E-state index contributed by atoms with van der Waals surface area (Å²) in [6.45, 7) is 2.12. The summed E-state index contributed by atoms with van der Waals surface area (Å²) in [5.74, 6) is 1.00. The Labute approximate surface area is 95.8 Å². The molecule has 1 nitrogen and oxygen atoms in total. The van der Waals surface area contributed by atoms with E-state index in [9.17, 15) is 0 Å². The zero-order valence-corrected chi connectivity index (χ0v) is 10.5. The number of rotatable bonds is 2. The average molecular weight is 271 g/mol. The van der Waals surface area contributed by atoms with Crippen LogP contribution in [0, 0.1) is 6.92 Å². The van der Waals surface area contributed by atoms with Gasteiger partial charge in [-0.2, -0.15) is 0 Å². The van der Waals surface area contributed by atoms with Gasteiger partial charge in [-0.05, 0) is 19.1 Å². The van der Waals surface area contributed by atoms with Crippen LogP contribution in [0.1, 0.15) is 10.4 Å². The number of hydrogen-bond donors (Lipinski definition) is 0. The number of halogens is 1. The van der Waals surface area contributed by atoms with Gasteiger partial charge in [0.25, 0.3) is 0 Å². The molecule has 0 aliphatic rings. The van der Waals surface area contributed by atoms with Crippen molar-refractivity contribution in [2.75, 3.05) is 7.11 Å². The number of fused-ring (bicyclic) bond motifs is 1. The van der Waals surface area contributed by atoms with Crippen LogP contribution in [-0.2, 0) is 5.33 Å². The molecule has 2 rings (SSSR count). The van der Waals surface area contributed by atoms with E-state index < -0.39 is 0 Å². The lowest BCUT2D eigenvalue weighted by atomic mass is 10.1. The molecule has 3 heteroatoms. The second kappa shape index (κ2) is 3.91. The maximum Gasteiger partial charge on any atom is 0.131 e. The average Bonchev–Trinajstić information content (AvgIpc) is 2.56. The van der Waals surface area contributed by atoms with Crippen molar-refractivity contribution < 1.29 is 4.74 Å². The third-order valence-electron chi connectivity index (χ3n) is 2.20. The summed E-state index contributed by atoms with van der Waals surface area (Å²) in [6.07, 6.45) is 0. The Kier molecular flexibility index (Phi) is 2.79. The maximum atomic E-state index is 5.44. The molecule has 1 heterocycles. The number of ether oxygens (including phenoxy) is 1. The van der Waals surface area contributed by atoms with E-state index in [1.165, 1.54) is 20.5 Å². The molecule has 0 aliphatic heterocycles. The zero-order chi connectivity index (χ0) is 10.1. The Morgan fingerprint density at radius 3 is 2.86 bits per heavy atom. The highest BCUT2D eigenvalue weighted by Crippen LogP contribution is 2.35. The van der Waals surface area contributed by atoms with Gasteiger partial charge in [-0.3, -0.25) is 0 Å². The van der Waals surface area contributed by atoms with E-state index in [0.717, 1.165) is 11.1 Å². The van der Waals surface area contributed by atoms with E-state index in [1.54, 1.807) is 18.4 Å². The van der Waals surface area contributed by atoms with Gasteiger partial charge in [0.2, 0.25) is 0 Å². The van der Waals surface area contributed by atoms with E-state index in [1.807, 2.05) is 0 Å². The van der Waals surface area contributed by atoms with Crippen molar-refractivity contribution in [1.29, 1.82) is 0 Å². The van der Waals surface area contributed by atoms with Crippen LogP contribution in [0.4, 0.5) is 0 Å². The van der Waals surface area contributed by atoms with Crippen LogP contribution in [0.5, 0.6) is 5.75 Å². The number of thiophene rings is 1. The number of benzene rings is 1. The minimum atomic E-state index is 0.834. The first-order chi connectivity index (χ1) is 6.76. The summed E-state index contributed by atoms with van der Waals surface area (Å²) in [5, 5.41) is 2.06. The topological polar surface area (TPSA) is 9.23 Å². The van der Waals surface area contributed by atoms with Crippen molar-refractivity contribution in [2.45, 2.75) is 12.3 Å². The molecule has 1 aromatic carbocycles. The van der Waals surface area contributed by atoms with Crippen LogP contribution in [0.15, 0.2) is 18.2 Å². The molecule has 0 atom stereocenters. The van der Waals surface area contributed by atoms with Gasteiger partial charge in [-0.15, -0.1) is 11.3 Å². The molecular formula is C11H11BrOS. The lowest BCUT2D eigenvalue weighted by molar-refractivity contribution is 0.416. The van der Waals surface area contributed by atoms with Crippen molar-refractivity contribution in [3.05, 3.63) is 28.6 Å². The SMILES string of the molecule is COc1c(CBr)ccc2sc(C)cc12. The first kappa shape index (κ1) is 9.99. The van der Waals surface area contributed by atoms with Crippen molar-refractivity contribution in [1.82, 2.24) is 0 Å². The lowest BCUT2D eigenvalue weighted by Gasteiger charge is -2.06. The second-order valence-corrected chi connectivity index (χ2v) is 5.01. The fraction of sp³-hybridized carbons (Fsp3) is 0.273. The number of methoxy groups -OCH3 is 1. The van der Waals surface area contributed by atoms with Crippen molar-refractivity contribution in [3.8, 4) is 5.75 Å². The highest BCUT2D eigenvalue weighted by Gasteiger charge is 2.09. The molecule has 14 heavy (non-hydrogen) atoms. The lowest BCUT2D eigenvalue weighted by Crippen LogP contribution is -1.88. The second-order valence-electron chi connectivity index (χ2n) is 3.16. The van der Waals surface area contributed by atoms with Gasteiger partial charge in [0.05, 0.1) is 7.11 Å². The molecule has 2 aromatic rings. The molecular weight excluding hydrogens is 260 g/mol. The summed E-state index contributed by atoms with van der Waals surface area (Å²) in [5.41, 5.74) is 1.21. The van der Waals surface area contributed by atoms with E-state index in [2.05, 4.69) is 41.1 Å². The Balaban J connectivity index is 2.75. The van der Waals surface area contributed by atoms with Gasteiger partial charge in [0, 0.05) is 25.9 Å². The quantitative estimate of drug-likeness (QED) is 0.747. The molecule has 0 N–H and O–H groups in total. The first-order valence-electron chi connectivity index (χ1n) is 4.38. The number of hydrogen-bond acceptors (Lipinski definition) is 2. The molecule has 1 aromatic heterocycles. The maximum absolute atomic E-state index is 5.44. The summed E-state index contributed by atoms with van der Waals surface area (Å²) in [7, 11) is 1.73. The first-order valence-corrected chi connectivity index (χ1v) is 6.32. The standard InChI is InChI=1S/C11H11BrOS/c1-7-5-9-10(14-7)4-3-8(6-12)11(9)13-2/h3-5H,6H2,1-2H3. The van der Waals surface area contributed by atoms with E-state index in [-0.39, 0.29) is 0 Å². The minimum absolute atomic E-state index is 0.834. The Morgan fingerprint density at radius 1 is 1.43 bits per heavy atom. The van der Waals surface area contributed by atoms with Gasteiger partial charge in [-0.25, -0.2) is 0 Å². The van der Waals surface area contributed by atoms with E-state index in [0.29, 0.717) is 0 Å². The third-order valence-corrected chi connectivity index (χ3v) is 3.82. The fourth-order valence-electron chi connectivity index (χ4n) is 1.60. The molecule has 0 aliphatic carbocycles. The third kappa shape index (κ3) is 1.55. The fourth-order valence-corrected chi connectivity index (χ4v) is 2.97. The molecule has 0 saturated heterocycles. The van der Waals surface area contributed by atoms with Crippen LogP contribution in [0.3, 0.4) is 0 Å². The van der Waals surface area contributed by atoms with Crippen LogP contribution < -0.4 is 4.74 Å². The molecule has 0 radical (unpaired) electrons. The molecule has 0 bridgehead atoms. The molecule has 0 spiro atoms. The predicted octanol–water partition coefficient (Wildman–Crippen LogP) is 4.11. The van der Waals surface area contributed by atoms with Gasteiger partial charge in [0.1, 0.15) is 5.75 Å². The molecule has 0 saturated carbocycles. The van der Waals surface area contributed by atoms with Crippen LogP contribution in [-0.4, -0.2) is 7.11 Å². The highest BCUT2D eigenvalue weighted by molar-refractivity contribution is 9.08. The number of alkyl halides is 1.